The Morgan fingerprint density at radius 1 is 1.14 bits per heavy atom. The molecule has 1 aliphatic heterocycles. The summed E-state index contributed by atoms with van der Waals surface area (Å²) in [5, 5.41) is 21.6. The van der Waals surface area contributed by atoms with E-state index in [9.17, 15) is 19.5 Å². The second-order valence-corrected chi connectivity index (χ2v) is 11.1. The molecule has 9 nitrogen and oxygen atoms in total. The SMILES string of the molecule is CCCC(CCOCC(C)(O)C(=O)O)C(=O)N1CCC(c2cccc(CNC(=O)OC(C)(C)C)c2)CC1. The Balaban J connectivity index is 1.85. The Kier molecular flexibility index (Phi) is 11.4. The molecule has 0 radical (unpaired) electrons. The molecule has 1 heterocycles. The van der Waals surface area contributed by atoms with E-state index in [2.05, 4.69) is 17.4 Å². The Hall–Kier alpha value is -2.65. The first kappa shape index (κ1) is 30.6. The summed E-state index contributed by atoms with van der Waals surface area (Å²) in [4.78, 5) is 38.1. The van der Waals surface area contributed by atoms with Crippen LogP contribution in [0.1, 0.15) is 83.8 Å². The van der Waals surface area contributed by atoms with Crippen molar-refractivity contribution >= 4 is 18.0 Å². The third-order valence-corrected chi connectivity index (χ3v) is 6.51. The van der Waals surface area contributed by atoms with Gasteiger partial charge in [0.2, 0.25) is 5.91 Å². The number of likely N-dealkylation sites (tertiary alicyclic amines) is 1. The maximum atomic E-state index is 13.2. The third-order valence-electron chi connectivity index (χ3n) is 6.51. The number of hydrogen-bond donors (Lipinski definition) is 3. The van der Waals surface area contributed by atoms with Gasteiger partial charge in [0.25, 0.3) is 0 Å². The first-order chi connectivity index (χ1) is 17.3. The normalized spacial score (nSPS) is 17.1. The number of piperidine rings is 1. The summed E-state index contributed by atoms with van der Waals surface area (Å²) < 4.78 is 10.7. The summed E-state index contributed by atoms with van der Waals surface area (Å²) in [5.74, 6) is -1.05. The molecule has 1 saturated heterocycles. The average molecular weight is 521 g/mol. The molecule has 0 spiro atoms. The molecule has 1 aliphatic rings. The van der Waals surface area contributed by atoms with Gasteiger partial charge in [0.05, 0.1) is 6.61 Å². The number of carbonyl (C=O) groups excluding carboxylic acids is 2. The number of aliphatic carboxylic acids is 1. The monoisotopic (exact) mass is 520 g/mol. The van der Waals surface area contributed by atoms with E-state index in [0.717, 1.165) is 31.2 Å². The van der Waals surface area contributed by atoms with Gasteiger partial charge in [-0.25, -0.2) is 9.59 Å². The number of ether oxygens (including phenoxy) is 2. The fraction of sp³-hybridized carbons (Fsp3) is 0.679. The maximum absolute atomic E-state index is 13.2. The van der Waals surface area contributed by atoms with Crippen LogP contribution in [-0.4, -0.2) is 70.6 Å². The number of nitrogens with one attached hydrogen (secondary N) is 1. The van der Waals surface area contributed by atoms with Crippen LogP contribution in [0.15, 0.2) is 24.3 Å². The summed E-state index contributed by atoms with van der Waals surface area (Å²) in [6.45, 7) is 10.4. The first-order valence-corrected chi connectivity index (χ1v) is 13.2. The summed E-state index contributed by atoms with van der Waals surface area (Å²) in [6.07, 6.45) is 3.39. The predicted octanol–water partition coefficient (Wildman–Crippen LogP) is 4.08. The molecule has 208 valence electrons. The van der Waals surface area contributed by atoms with Gasteiger partial charge in [-0.1, -0.05) is 37.6 Å². The highest BCUT2D eigenvalue weighted by molar-refractivity contribution is 5.79. The minimum atomic E-state index is -1.94. The van der Waals surface area contributed by atoms with Gasteiger partial charge in [-0.3, -0.25) is 4.79 Å². The van der Waals surface area contributed by atoms with E-state index < -0.39 is 23.3 Å². The van der Waals surface area contributed by atoms with Crippen molar-refractivity contribution in [3.63, 3.8) is 0 Å². The molecular formula is C28H44N2O7. The Morgan fingerprint density at radius 3 is 2.41 bits per heavy atom. The average Bonchev–Trinajstić information content (AvgIpc) is 2.83. The summed E-state index contributed by atoms with van der Waals surface area (Å²) in [5.41, 5.74) is -0.261. The number of nitrogens with zero attached hydrogens (tertiary/aromatic N) is 1. The number of aliphatic hydroxyl groups is 1. The van der Waals surface area contributed by atoms with Gasteiger partial charge < -0.3 is 29.9 Å². The van der Waals surface area contributed by atoms with Crippen LogP contribution in [-0.2, 0) is 25.6 Å². The van der Waals surface area contributed by atoms with Gasteiger partial charge in [0, 0.05) is 32.2 Å². The molecule has 0 aliphatic carbocycles. The Bertz CT molecular complexity index is 902. The summed E-state index contributed by atoms with van der Waals surface area (Å²) in [7, 11) is 0. The molecule has 3 N–H and O–H groups in total. The van der Waals surface area contributed by atoms with Crippen LogP contribution in [0.4, 0.5) is 4.79 Å². The lowest BCUT2D eigenvalue weighted by atomic mass is 9.87. The minimum Gasteiger partial charge on any atom is -0.479 e. The van der Waals surface area contributed by atoms with Crippen molar-refractivity contribution in [2.24, 2.45) is 5.92 Å². The van der Waals surface area contributed by atoms with E-state index in [0.29, 0.717) is 32.0 Å². The van der Waals surface area contributed by atoms with Crippen LogP contribution in [0.2, 0.25) is 0 Å². The lowest BCUT2D eigenvalue weighted by molar-refractivity contribution is -0.163. The second kappa shape index (κ2) is 13.8. The maximum Gasteiger partial charge on any atom is 0.407 e. The number of benzene rings is 1. The van der Waals surface area contributed by atoms with E-state index >= 15 is 0 Å². The zero-order valence-electron chi connectivity index (χ0n) is 22.9. The van der Waals surface area contributed by atoms with Crippen LogP contribution < -0.4 is 5.32 Å². The summed E-state index contributed by atoms with van der Waals surface area (Å²) in [6, 6.07) is 8.19. The number of carboxylic acid groups (broad SMARTS) is 1. The first-order valence-electron chi connectivity index (χ1n) is 13.2. The Labute approximate surface area is 220 Å². The number of rotatable bonds is 12. The zero-order valence-corrected chi connectivity index (χ0v) is 22.9. The lowest BCUT2D eigenvalue weighted by Crippen LogP contribution is -2.42. The summed E-state index contributed by atoms with van der Waals surface area (Å²) >= 11 is 0. The molecule has 1 fully saturated rings. The van der Waals surface area contributed by atoms with Crippen LogP contribution in [0.3, 0.4) is 0 Å². The molecule has 2 rings (SSSR count). The molecule has 1 aromatic rings. The van der Waals surface area contributed by atoms with Gasteiger partial charge in [0.1, 0.15) is 5.60 Å². The van der Waals surface area contributed by atoms with Crippen LogP contribution in [0.5, 0.6) is 0 Å². The molecule has 2 unspecified atom stereocenters. The quantitative estimate of drug-likeness (QED) is 0.355. The number of hydrogen-bond acceptors (Lipinski definition) is 6. The topological polar surface area (TPSA) is 125 Å². The van der Waals surface area contributed by atoms with Crippen LogP contribution in [0, 0.1) is 5.92 Å². The highest BCUT2D eigenvalue weighted by atomic mass is 16.6. The molecule has 0 bridgehead atoms. The highest BCUT2D eigenvalue weighted by Crippen LogP contribution is 2.30. The van der Waals surface area contributed by atoms with Gasteiger partial charge in [-0.05, 0) is 70.4 Å². The molecule has 37 heavy (non-hydrogen) atoms. The van der Waals surface area contributed by atoms with Gasteiger partial charge >= 0.3 is 12.1 Å². The van der Waals surface area contributed by atoms with Gasteiger partial charge in [-0.15, -0.1) is 0 Å². The van der Waals surface area contributed by atoms with Crippen molar-refractivity contribution in [2.75, 3.05) is 26.3 Å². The van der Waals surface area contributed by atoms with Crippen molar-refractivity contribution < 1.29 is 34.1 Å². The van der Waals surface area contributed by atoms with Gasteiger partial charge in [0.15, 0.2) is 5.60 Å². The van der Waals surface area contributed by atoms with Crippen LogP contribution in [0.25, 0.3) is 0 Å². The smallest absolute Gasteiger partial charge is 0.407 e. The predicted molar refractivity (Wildman–Crippen MR) is 140 cm³/mol. The fourth-order valence-electron chi connectivity index (χ4n) is 4.43. The van der Waals surface area contributed by atoms with Crippen LogP contribution >= 0.6 is 0 Å². The number of amides is 2. The molecule has 0 aromatic heterocycles. The molecule has 1 aromatic carbocycles. The van der Waals surface area contributed by atoms with Crippen molar-refractivity contribution in [2.45, 2.75) is 90.4 Å². The van der Waals surface area contributed by atoms with Crippen molar-refractivity contribution in [1.29, 1.82) is 0 Å². The van der Waals surface area contributed by atoms with Crippen molar-refractivity contribution in [1.82, 2.24) is 10.2 Å². The van der Waals surface area contributed by atoms with E-state index in [1.807, 2.05) is 44.7 Å². The van der Waals surface area contributed by atoms with Crippen molar-refractivity contribution in [3.05, 3.63) is 35.4 Å². The number of alkyl carbamates (subject to hydrolysis) is 1. The number of carbonyl (C=O) groups is 3. The molecule has 2 atom stereocenters. The lowest BCUT2D eigenvalue weighted by Gasteiger charge is -2.34. The third kappa shape index (κ3) is 10.3. The van der Waals surface area contributed by atoms with Crippen molar-refractivity contribution in [3.8, 4) is 0 Å². The Morgan fingerprint density at radius 2 is 1.81 bits per heavy atom. The van der Waals surface area contributed by atoms with E-state index in [-0.39, 0.29) is 25.0 Å². The second-order valence-electron chi connectivity index (χ2n) is 11.1. The molecule has 2 amide bonds. The highest BCUT2D eigenvalue weighted by Gasteiger charge is 2.31. The molecular weight excluding hydrogens is 476 g/mol. The zero-order chi connectivity index (χ0) is 27.6. The van der Waals surface area contributed by atoms with E-state index in [1.54, 1.807) is 0 Å². The molecule has 9 heteroatoms. The standard InChI is InChI=1S/C28H44N2O7/c1-6-8-22(13-16-36-19-28(5,35)25(32)33)24(31)30-14-11-21(12-15-30)23-10-7-9-20(17-23)18-29-26(34)37-27(2,3)4/h7,9-10,17,21-22,35H,6,8,11-16,18-19H2,1-5H3,(H,29,34)(H,32,33). The largest absolute Gasteiger partial charge is 0.479 e. The van der Waals surface area contributed by atoms with Gasteiger partial charge in [-0.2, -0.15) is 0 Å². The van der Waals surface area contributed by atoms with E-state index in [4.69, 9.17) is 14.6 Å². The fourth-order valence-corrected chi connectivity index (χ4v) is 4.43. The minimum absolute atomic E-state index is 0.115. The molecule has 0 saturated carbocycles. The number of carboxylic acids is 1. The van der Waals surface area contributed by atoms with E-state index in [1.165, 1.54) is 12.5 Å².